The first-order valence-electron chi connectivity index (χ1n) is 5.83. The van der Waals surface area contributed by atoms with Crippen LogP contribution in [0.4, 0.5) is 20.2 Å². The zero-order chi connectivity index (χ0) is 14.8. The van der Waals surface area contributed by atoms with E-state index in [-0.39, 0.29) is 12.5 Å². The van der Waals surface area contributed by atoms with Gasteiger partial charge in [0.25, 0.3) is 5.69 Å². The van der Waals surface area contributed by atoms with Crippen LogP contribution in [0.15, 0.2) is 12.1 Å². The lowest BCUT2D eigenvalue weighted by Crippen LogP contribution is -2.47. The van der Waals surface area contributed by atoms with Crippen molar-refractivity contribution in [2.75, 3.05) is 11.9 Å². The molecule has 1 aromatic rings. The molecule has 0 saturated carbocycles. The lowest BCUT2D eigenvalue weighted by atomic mass is 9.88. The average molecular weight is 273 g/mol. The van der Waals surface area contributed by atoms with Gasteiger partial charge in [-0.25, -0.2) is 8.78 Å². The molecule has 0 aliphatic carbocycles. The van der Waals surface area contributed by atoms with Crippen LogP contribution >= 0.6 is 0 Å². The third-order valence-corrected chi connectivity index (χ3v) is 3.35. The number of hydrogen-bond acceptors (Lipinski definition) is 4. The van der Waals surface area contributed by atoms with E-state index < -0.39 is 33.5 Å². The summed E-state index contributed by atoms with van der Waals surface area (Å²) >= 11 is 0. The van der Waals surface area contributed by atoms with Crippen molar-refractivity contribution < 1.29 is 13.7 Å². The van der Waals surface area contributed by atoms with Crippen LogP contribution in [0.2, 0.25) is 0 Å². The third kappa shape index (κ3) is 3.17. The molecule has 0 radical (unpaired) electrons. The molecule has 1 rings (SSSR count). The second-order valence-electron chi connectivity index (χ2n) is 4.94. The molecule has 7 heteroatoms. The Kier molecular flexibility index (Phi) is 4.41. The van der Waals surface area contributed by atoms with E-state index >= 15 is 0 Å². The van der Waals surface area contributed by atoms with Gasteiger partial charge in [0, 0.05) is 12.1 Å². The number of benzene rings is 1. The largest absolute Gasteiger partial charge is 0.374 e. The van der Waals surface area contributed by atoms with Crippen molar-refractivity contribution in [2.24, 2.45) is 11.7 Å². The van der Waals surface area contributed by atoms with E-state index in [2.05, 4.69) is 5.32 Å². The van der Waals surface area contributed by atoms with Gasteiger partial charge in [-0.1, -0.05) is 13.8 Å². The van der Waals surface area contributed by atoms with Crippen LogP contribution < -0.4 is 11.1 Å². The summed E-state index contributed by atoms with van der Waals surface area (Å²) in [5.41, 5.74) is 3.89. The number of hydrogen-bond donors (Lipinski definition) is 2. The van der Waals surface area contributed by atoms with Crippen LogP contribution in [0.3, 0.4) is 0 Å². The minimum Gasteiger partial charge on any atom is -0.374 e. The number of halogens is 2. The maximum Gasteiger partial charge on any atom is 0.275 e. The van der Waals surface area contributed by atoms with E-state index in [4.69, 9.17) is 5.73 Å². The van der Waals surface area contributed by atoms with Crippen molar-refractivity contribution in [3.8, 4) is 0 Å². The molecular formula is C12H17F2N3O2. The van der Waals surface area contributed by atoms with Crippen LogP contribution in [-0.4, -0.2) is 17.0 Å². The summed E-state index contributed by atoms with van der Waals surface area (Å²) in [6.07, 6.45) is 0. The fourth-order valence-electron chi connectivity index (χ4n) is 1.50. The average Bonchev–Trinajstić information content (AvgIpc) is 2.32. The van der Waals surface area contributed by atoms with Gasteiger partial charge in [-0.2, -0.15) is 0 Å². The highest BCUT2D eigenvalue weighted by molar-refractivity contribution is 5.53. The van der Waals surface area contributed by atoms with Crippen LogP contribution in [-0.2, 0) is 0 Å². The fourth-order valence-corrected chi connectivity index (χ4v) is 1.50. The lowest BCUT2D eigenvalue weighted by Gasteiger charge is -2.34. The van der Waals surface area contributed by atoms with E-state index in [0.29, 0.717) is 12.1 Å². The van der Waals surface area contributed by atoms with Gasteiger partial charge >= 0.3 is 0 Å². The van der Waals surface area contributed by atoms with Crippen molar-refractivity contribution in [1.29, 1.82) is 0 Å². The number of anilines is 1. The Hall–Kier alpha value is -1.76. The molecule has 3 N–H and O–H groups in total. The first kappa shape index (κ1) is 15.3. The molecule has 5 nitrogen and oxygen atoms in total. The minimum absolute atomic E-state index is 0.0199. The monoisotopic (exact) mass is 273 g/mol. The van der Waals surface area contributed by atoms with Crippen LogP contribution in [0.25, 0.3) is 0 Å². The highest BCUT2D eigenvalue weighted by Crippen LogP contribution is 2.29. The number of nitrogens with one attached hydrogen (secondary N) is 1. The second kappa shape index (κ2) is 5.48. The predicted octanol–water partition coefficient (Wildman–Crippen LogP) is 2.66. The second-order valence-corrected chi connectivity index (χ2v) is 4.94. The van der Waals surface area contributed by atoms with Gasteiger partial charge in [-0.15, -0.1) is 0 Å². The van der Waals surface area contributed by atoms with E-state index in [9.17, 15) is 18.9 Å². The lowest BCUT2D eigenvalue weighted by molar-refractivity contribution is -0.385. The zero-order valence-corrected chi connectivity index (χ0v) is 11.0. The molecule has 106 valence electrons. The summed E-state index contributed by atoms with van der Waals surface area (Å²) in [5.74, 6) is -1.99. The minimum atomic E-state index is -1.01. The van der Waals surface area contributed by atoms with Crippen molar-refractivity contribution >= 4 is 11.4 Å². The maximum atomic E-state index is 13.8. The first-order valence-corrected chi connectivity index (χ1v) is 5.83. The molecule has 1 aromatic carbocycles. The molecule has 0 fully saturated rings. The topological polar surface area (TPSA) is 81.2 Å². The van der Waals surface area contributed by atoms with Gasteiger partial charge in [-0.05, 0) is 12.8 Å². The Labute approximate surface area is 109 Å². The van der Waals surface area contributed by atoms with Gasteiger partial charge in [0.15, 0.2) is 11.6 Å². The summed E-state index contributed by atoms with van der Waals surface area (Å²) in [6, 6.07) is 1.37. The van der Waals surface area contributed by atoms with Gasteiger partial charge in [0.1, 0.15) is 5.69 Å². The standard InChI is InChI=1S/C12H17F2N3O2/c1-7(2)12(3,6-15)16-11-9(13)4-8(17(18)19)5-10(11)14/h4-5,7,16H,6,15H2,1-3H3. The van der Waals surface area contributed by atoms with E-state index in [0.717, 1.165) is 0 Å². The highest BCUT2D eigenvalue weighted by Gasteiger charge is 2.29. The predicted molar refractivity (Wildman–Crippen MR) is 68.9 cm³/mol. The van der Waals surface area contributed by atoms with E-state index in [1.54, 1.807) is 6.92 Å². The number of nitrogens with zero attached hydrogens (tertiary/aromatic N) is 1. The molecule has 0 aliphatic heterocycles. The molecule has 0 heterocycles. The van der Waals surface area contributed by atoms with Crippen molar-refractivity contribution in [3.63, 3.8) is 0 Å². The summed E-state index contributed by atoms with van der Waals surface area (Å²) in [5, 5.41) is 13.2. The molecule has 0 amide bonds. The first-order chi connectivity index (χ1) is 8.71. The molecular weight excluding hydrogens is 256 g/mol. The fraction of sp³-hybridized carbons (Fsp3) is 0.500. The number of nitro benzene ring substituents is 1. The summed E-state index contributed by atoms with van der Waals surface area (Å²) in [7, 11) is 0. The number of non-ortho nitro benzene ring substituents is 1. The SMILES string of the molecule is CC(C)C(C)(CN)Nc1c(F)cc([N+](=O)[O-])cc1F. The third-order valence-electron chi connectivity index (χ3n) is 3.35. The molecule has 0 aromatic heterocycles. The van der Waals surface area contributed by atoms with Gasteiger partial charge < -0.3 is 11.1 Å². The Balaban J connectivity index is 3.19. The van der Waals surface area contributed by atoms with Crippen molar-refractivity contribution in [3.05, 3.63) is 33.9 Å². The Morgan fingerprint density at radius 1 is 1.42 bits per heavy atom. The van der Waals surface area contributed by atoms with Crippen LogP contribution in [0.1, 0.15) is 20.8 Å². The number of rotatable bonds is 5. The Morgan fingerprint density at radius 3 is 2.21 bits per heavy atom. The summed E-state index contributed by atoms with van der Waals surface area (Å²) in [6.45, 7) is 5.63. The molecule has 19 heavy (non-hydrogen) atoms. The normalized spacial score (nSPS) is 14.3. The molecule has 0 aliphatic rings. The van der Waals surface area contributed by atoms with Gasteiger partial charge in [-0.3, -0.25) is 10.1 Å². The zero-order valence-electron chi connectivity index (χ0n) is 11.0. The van der Waals surface area contributed by atoms with Crippen molar-refractivity contribution in [1.82, 2.24) is 0 Å². The van der Waals surface area contributed by atoms with E-state index in [1.807, 2.05) is 13.8 Å². The summed E-state index contributed by atoms with van der Waals surface area (Å²) < 4.78 is 27.5. The smallest absolute Gasteiger partial charge is 0.275 e. The van der Waals surface area contributed by atoms with E-state index in [1.165, 1.54) is 0 Å². The molecule has 1 unspecified atom stereocenters. The molecule has 0 spiro atoms. The molecule has 1 atom stereocenters. The molecule has 0 bridgehead atoms. The highest BCUT2D eigenvalue weighted by atomic mass is 19.1. The van der Waals surface area contributed by atoms with Gasteiger partial charge in [0.2, 0.25) is 0 Å². The van der Waals surface area contributed by atoms with Gasteiger partial charge in [0.05, 0.1) is 17.1 Å². The Morgan fingerprint density at radius 2 is 1.89 bits per heavy atom. The maximum absolute atomic E-state index is 13.8. The Bertz CT molecular complexity index is 471. The van der Waals surface area contributed by atoms with Crippen molar-refractivity contribution in [2.45, 2.75) is 26.3 Å². The number of nitrogens with two attached hydrogens (primary N) is 1. The van der Waals surface area contributed by atoms with Crippen LogP contribution in [0.5, 0.6) is 0 Å². The molecule has 0 saturated heterocycles. The number of nitro groups is 1. The van der Waals surface area contributed by atoms with Crippen LogP contribution in [0, 0.1) is 27.7 Å². The summed E-state index contributed by atoms with van der Waals surface area (Å²) in [4.78, 5) is 9.65. The quantitative estimate of drug-likeness (QED) is 0.638.